The summed E-state index contributed by atoms with van der Waals surface area (Å²) in [4.78, 5) is 103. The molecular weight excluding hydrogens is 716 g/mol. The number of rotatable bonds is 7. The van der Waals surface area contributed by atoms with E-state index < -0.39 is 77.9 Å². The standard InChI is InChI=1S/C42H54N6O8/c1-25-15-17-30(18-16-25)23-35(49)44-31(22-29-11-6-5-7-12-29)37(50)45-36-28(4)56-42(55)34-21-26(2)24-48(34)39(52)27(3)43-38(51)32-13-8-9-19-46(32)40(53)33-14-10-20-47(33)41(36)54/h5-7,11-12,15-18,26-28,31-34,36H,8-10,13-14,19-24H2,1-4H3,(H,43,51)(H,44,49)(H,45,50)/t26-,27+,28+,31+,32+,33+,34+,36+/m1/s1. The van der Waals surface area contributed by atoms with Gasteiger partial charge in [-0.3, -0.25) is 28.8 Å². The Hall–Kier alpha value is -5.27. The van der Waals surface area contributed by atoms with E-state index in [9.17, 15) is 33.6 Å². The highest BCUT2D eigenvalue weighted by atomic mass is 16.5. The SMILES string of the molecule is Cc1ccc(CC(=O)N[C@@H](Cc2ccccc2)C(=O)N[C@@H]2C(=O)N3CCC[C@H]3C(=O)N3CCCC[C@H]3C(=O)N[C@@H](C)C(=O)N3C[C@H](C)C[C@H]3C(=O)O[C@H]2C)cc1. The fourth-order valence-corrected chi connectivity index (χ4v) is 8.42. The highest BCUT2D eigenvalue weighted by molar-refractivity contribution is 5.98. The van der Waals surface area contributed by atoms with Gasteiger partial charge in [-0.05, 0) is 76.3 Å². The molecule has 3 N–H and O–H groups in total. The number of benzene rings is 2. The van der Waals surface area contributed by atoms with E-state index in [2.05, 4.69) is 16.0 Å². The number of cyclic esters (lactones) is 1. The van der Waals surface area contributed by atoms with Gasteiger partial charge in [-0.1, -0.05) is 67.1 Å². The Balaban J connectivity index is 1.32. The summed E-state index contributed by atoms with van der Waals surface area (Å²) >= 11 is 0. The molecule has 0 unspecified atom stereocenters. The van der Waals surface area contributed by atoms with Crippen molar-refractivity contribution >= 4 is 41.4 Å². The molecule has 300 valence electrons. The van der Waals surface area contributed by atoms with Gasteiger partial charge >= 0.3 is 5.97 Å². The molecule has 8 atom stereocenters. The van der Waals surface area contributed by atoms with Gasteiger partial charge in [-0.25, -0.2) is 4.79 Å². The highest BCUT2D eigenvalue weighted by Crippen LogP contribution is 2.29. The van der Waals surface area contributed by atoms with Crippen molar-refractivity contribution in [2.24, 2.45) is 5.92 Å². The van der Waals surface area contributed by atoms with Gasteiger partial charge in [-0.15, -0.1) is 0 Å². The lowest BCUT2D eigenvalue weighted by Gasteiger charge is -2.39. The van der Waals surface area contributed by atoms with Gasteiger partial charge in [0.2, 0.25) is 35.4 Å². The summed E-state index contributed by atoms with van der Waals surface area (Å²) in [6, 6.07) is 10.4. The number of aryl methyl sites for hydroxylation is 1. The molecule has 0 aromatic heterocycles. The summed E-state index contributed by atoms with van der Waals surface area (Å²) in [6.45, 7) is 7.74. The van der Waals surface area contributed by atoms with Crippen LogP contribution in [0.4, 0.5) is 0 Å². The molecule has 0 saturated carbocycles. The van der Waals surface area contributed by atoms with Gasteiger partial charge in [0.25, 0.3) is 0 Å². The maximum atomic E-state index is 14.7. The Morgan fingerprint density at radius 2 is 1.46 bits per heavy atom. The Kier molecular flexibility index (Phi) is 12.8. The monoisotopic (exact) mass is 770 g/mol. The molecule has 56 heavy (non-hydrogen) atoms. The molecular formula is C42H54N6O8. The number of carbonyl (C=O) groups is 7. The van der Waals surface area contributed by atoms with Crippen molar-refractivity contribution in [3.8, 4) is 0 Å². The Bertz CT molecular complexity index is 1800. The number of nitrogens with zero attached hydrogens (tertiary/aromatic N) is 3. The second kappa shape index (κ2) is 17.7. The Morgan fingerprint density at radius 1 is 0.786 bits per heavy atom. The number of amides is 6. The second-order valence-electron chi connectivity index (χ2n) is 15.9. The summed E-state index contributed by atoms with van der Waals surface area (Å²) in [6.07, 6.45) is 1.88. The molecule has 14 nitrogen and oxygen atoms in total. The lowest BCUT2D eigenvalue weighted by Crippen LogP contribution is -2.63. The number of carbonyl (C=O) groups excluding carboxylic acids is 7. The van der Waals surface area contributed by atoms with Crippen molar-refractivity contribution in [3.05, 3.63) is 71.3 Å². The van der Waals surface area contributed by atoms with Crippen molar-refractivity contribution in [1.82, 2.24) is 30.7 Å². The summed E-state index contributed by atoms with van der Waals surface area (Å²) in [5.41, 5.74) is 2.58. The third kappa shape index (κ3) is 9.22. The molecule has 0 bridgehead atoms. The molecule has 0 aliphatic carbocycles. The minimum atomic E-state index is -1.44. The van der Waals surface area contributed by atoms with Crippen molar-refractivity contribution in [1.29, 1.82) is 0 Å². The maximum Gasteiger partial charge on any atom is 0.329 e. The van der Waals surface area contributed by atoms with Crippen LogP contribution in [0.2, 0.25) is 0 Å². The fourth-order valence-electron chi connectivity index (χ4n) is 8.42. The number of nitrogens with one attached hydrogen (secondary N) is 3. The molecule has 4 saturated heterocycles. The second-order valence-corrected chi connectivity index (χ2v) is 15.9. The molecule has 0 radical (unpaired) electrons. The third-order valence-electron chi connectivity index (χ3n) is 11.5. The van der Waals surface area contributed by atoms with Crippen LogP contribution in [0.5, 0.6) is 0 Å². The average molecular weight is 771 g/mol. The van der Waals surface area contributed by atoms with Gasteiger partial charge in [0.1, 0.15) is 42.4 Å². The van der Waals surface area contributed by atoms with E-state index in [1.165, 1.54) is 21.6 Å². The molecule has 2 aromatic carbocycles. The van der Waals surface area contributed by atoms with E-state index in [1.54, 1.807) is 6.92 Å². The van der Waals surface area contributed by atoms with Crippen molar-refractivity contribution < 1.29 is 38.3 Å². The van der Waals surface area contributed by atoms with E-state index in [0.717, 1.165) is 16.7 Å². The molecule has 14 heteroatoms. The van der Waals surface area contributed by atoms with E-state index in [4.69, 9.17) is 4.74 Å². The van der Waals surface area contributed by atoms with E-state index in [-0.39, 0.29) is 37.8 Å². The molecule has 6 amide bonds. The van der Waals surface area contributed by atoms with Gasteiger partial charge in [-0.2, -0.15) is 0 Å². The molecule has 0 spiro atoms. The normalized spacial score (nSPS) is 28.1. The highest BCUT2D eigenvalue weighted by Gasteiger charge is 2.47. The number of hydrogen-bond donors (Lipinski definition) is 3. The largest absolute Gasteiger partial charge is 0.458 e. The maximum absolute atomic E-state index is 14.7. The lowest BCUT2D eigenvalue weighted by atomic mass is 9.99. The number of esters is 1. The summed E-state index contributed by atoms with van der Waals surface area (Å²) in [5.74, 6) is -3.77. The van der Waals surface area contributed by atoms with E-state index in [1.807, 2.05) is 68.4 Å². The van der Waals surface area contributed by atoms with Crippen LogP contribution in [0.3, 0.4) is 0 Å². The topological polar surface area (TPSA) is 175 Å². The minimum Gasteiger partial charge on any atom is -0.458 e. The first-order chi connectivity index (χ1) is 26.8. The van der Waals surface area contributed by atoms with Crippen LogP contribution in [-0.2, 0) is 51.1 Å². The predicted molar refractivity (Wildman–Crippen MR) is 205 cm³/mol. The summed E-state index contributed by atoms with van der Waals surface area (Å²) in [5, 5.41) is 8.48. The number of ether oxygens (including phenoxy) is 1. The fraction of sp³-hybridized carbons (Fsp3) is 0.548. The summed E-state index contributed by atoms with van der Waals surface area (Å²) in [7, 11) is 0. The minimum absolute atomic E-state index is 0.0238. The molecule has 4 aliphatic heterocycles. The zero-order valence-electron chi connectivity index (χ0n) is 32.7. The van der Waals surface area contributed by atoms with Gasteiger partial charge in [0.05, 0.1) is 6.42 Å². The van der Waals surface area contributed by atoms with Crippen LogP contribution in [0.25, 0.3) is 0 Å². The molecule has 6 rings (SSSR count). The zero-order chi connectivity index (χ0) is 40.1. The van der Waals surface area contributed by atoms with Gasteiger partial charge in [0.15, 0.2) is 0 Å². The van der Waals surface area contributed by atoms with E-state index in [0.29, 0.717) is 45.1 Å². The van der Waals surface area contributed by atoms with Gasteiger partial charge < -0.3 is 35.4 Å². The van der Waals surface area contributed by atoms with Gasteiger partial charge in [0, 0.05) is 26.1 Å². The van der Waals surface area contributed by atoms with Crippen molar-refractivity contribution in [2.45, 2.75) is 121 Å². The Morgan fingerprint density at radius 3 is 2.20 bits per heavy atom. The molecule has 2 aromatic rings. The zero-order valence-corrected chi connectivity index (χ0v) is 32.7. The Labute approximate surface area is 328 Å². The predicted octanol–water partition coefficient (Wildman–Crippen LogP) is 1.81. The number of hydrogen-bond acceptors (Lipinski definition) is 8. The van der Waals surface area contributed by atoms with E-state index >= 15 is 0 Å². The first-order valence-electron chi connectivity index (χ1n) is 19.9. The van der Waals surface area contributed by atoms with Crippen LogP contribution in [-0.4, -0.2) is 118 Å². The number of piperidine rings is 1. The van der Waals surface area contributed by atoms with Crippen LogP contribution in [0, 0.1) is 12.8 Å². The number of fused-ring (bicyclic) bond motifs is 3. The molecule has 4 fully saturated rings. The van der Waals surface area contributed by atoms with Crippen LogP contribution in [0.1, 0.15) is 76.0 Å². The molecule has 4 heterocycles. The van der Waals surface area contributed by atoms with Crippen molar-refractivity contribution in [2.75, 3.05) is 19.6 Å². The first-order valence-corrected chi connectivity index (χ1v) is 19.9. The van der Waals surface area contributed by atoms with Crippen molar-refractivity contribution in [3.63, 3.8) is 0 Å². The lowest BCUT2D eigenvalue weighted by molar-refractivity contribution is -0.163. The quantitative estimate of drug-likeness (QED) is 0.358. The van der Waals surface area contributed by atoms with Crippen LogP contribution < -0.4 is 16.0 Å². The summed E-state index contributed by atoms with van der Waals surface area (Å²) < 4.78 is 5.97. The van der Waals surface area contributed by atoms with Crippen LogP contribution >= 0.6 is 0 Å². The molecule has 4 aliphatic rings. The first kappa shape index (κ1) is 40.4. The third-order valence-corrected chi connectivity index (χ3v) is 11.5. The average Bonchev–Trinajstić information content (AvgIpc) is 3.84. The van der Waals surface area contributed by atoms with Crippen LogP contribution in [0.15, 0.2) is 54.6 Å². The smallest absolute Gasteiger partial charge is 0.329 e.